The van der Waals surface area contributed by atoms with Gasteiger partial charge in [0.15, 0.2) is 0 Å². The molecule has 2 aliphatic rings. The number of piperidine rings is 1. The van der Waals surface area contributed by atoms with E-state index in [2.05, 4.69) is 10.2 Å². The van der Waals surface area contributed by atoms with Gasteiger partial charge >= 0.3 is 0 Å². The molecule has 0 aromatic carbocycles. The van der Waals surface area contributed by atoms with Crippen LogP contribution in [0.25, 0.3) is 0 Å². The molecule has 2 heterocycles. The van der Waals surface area contributed by atoms with Crippen LogP contribution in [-0.4, -0.2) is 22.0 Å². The lowest BCUT2D eigenvalue weighted by molar-refractivity contribution is -0.123. The first-order valence-corrected chi connectivity index (χ1v) is 4.84. The summed E-state index contributed by atoms with van der Waals surface area (Å²) in [5.41, 5.74) is 6.18. The Morgan fingerprint density at radius 1 is 1.47 bits per heavy atom. The van der Waals surface area contributed by atoms with Crippen molar-refractivity contribution in [2.45, 2.75) is 13.0 Å². The first-order valence-electron chi connectivity index (χ1n) is 4.84. The van der Waals surface area contributed by atoms with Gasteiger partial charge in [-0.3, -0.25) is 14.7 Å². The maximum absolute atomic E-state index is 11.7. The van der Waals surface area contributed by atoms with Gasteiger partial charge in [0.25, 0.3) is 0 Å². The van der Waals surface area contributed by atoms with Gasteiger partial charge in [-0.2, -0.15) is 5.10 Å². The maximum atomic E-state index is 11.7. The highest BCUT2D eigenvalue weighted by molar-refractivity contribution is 6.24. The minimum absolute atomic E-state index is 0.0913. The molecule has 1 aliphatic heterocycles. The van der Waals surface area contributed by atoms with Gasteiger partial charge in [0.1, 0.15) is 5.82 Å². The highest BCUT2D eigenvalue weighted by atomic mass is 16.2. The third-order valence-electron chi connectivity index (χ3n) is 3.00. The highest BCUT2D eigenvalue weighted by Gasteiger charge is 2.59. The largest absolute Gasteiger partial charge is 0.326 e. The molecule has 2 atom stereocenters. The van der Waals surface area contributed by atoms with Crippen LogP contribution in [0.15, 0.2) is 6.20 Å². The molecular weight excluding hydrogens is 196 g/mol. The summed E-state index contributed by atoms with van der Waals surface area (Å²) in [5.74, 6) is 0.0189. The summed E-state index contributed by atoms with van der Waals surface area (Å²) in [5, 5.41) is 6.45. The van der Waals surface area contributed by atoms with Gasteiger partial charge in [0.2, 0.25) is 11.8 Å². The van der Waals surface area contributed by atoms with Crippen molar-refractivity contribution in [3.05, 3.63) is 11.8 Å². The summed E-state index contributed by atoms with van der Waals surface area (Å²) in [7, 11) is 0. The van der Waals surface area contributed by atoms with Crippen molar-refractivity contribution >= 4 is 17.6 Å². The molecular formula is C9H10N4O2. The van der Waals surface area contributed by atoms with Crippen molar-refractivity contribution < 1.29 is 9.59 Å². The molecule has 0 spiro atoms. The van der Waals surface area contributed by atoms with E-state index in [1.807, 2.05) is 0 Å². The Kier molecular flexibility index (Phi) is 1.53. The Morgan fingerprint density at radius 2 is 2.13 bits per heavy atom. The minimum Gasteiger partial charge on any atom is -0.326 e. The molecule has 0 bridgehead atoms. The standard InChI is InChI=1S/C9H10N4O2/c10-2-4-3-11-12-7(4)13-8(14)5-1-6(5)9(13)15/h3,5-6H,1-2,10H2,(H,11,12). The Morgan fingerprint density at radius 3 is 2.73 bits per heavy atom. The molecule has 3 N–H and O–H groups in total. The molecule has 2 fully saturated rings. The van der Waals surface area contributed by atoms with E-state index >= 15 is 0 Å². The van der Waals surface area contributed by atoms with Gasteiger partial charge < -0.3 is 5.73 Å². The Labute approximate surface area is 85.4 Å². The number of amides is 2. The monoisotopic (exact) mass is 206 g/mol. The second-order valence-corrected chi connectivity index (χ2v) is 3.91. The summed E-state index contributed by atoms with van der Waals surface area (Å²) in [6.45, 7) is 0.262. The number of H-pyrrole nitrogens is 1. The van der Waals surface area contributed by atoms with E-state index < -0.39 is 0 Å². The smallest absolute Gasteiger partial charge is 0.238 e. The van der Waals surface area contributed by atoms with Gasteiger partial charge in [-0.1, -0.05) is 0 Å². The predicted molar refractivity (Wildman–Crippen MR) is 50.6 cm³/mol. The number of nitrogens with zero attached hydrogens (tertiary/aromatic N) is 2. The third-order valence-corrected chi connectivity index (χ3v) is 3.00. The topological polar surface area (TPSA) is 92.1 Å². The number of carbonyl (C=O) groups excluding carboxylic acids is 2. The van der Waals surface area contributed by atoms with Crippen molar-refractivity contribution in [1.29, 1.82) is 0 Å². The fourth-order valence-electron chi connectivity index (χ4n) is 2.05. The number of imide groups is 1. The van der Waals surface area contributed by atoms with Crippen molar-refractivity contribution in [1.82, 2.24) is 10.2 Å². The minimum atomic E-state index is -0.121. The van der Waals surface area contributed by atoms with Crippen LogP contribution in [0.2, 0.25) is 0 Å². The van der Waals surface area contributed by atoms with E-state index in [1.165, 1.54) is 4.90 Å². The first-order chi connectivity index (χ1) is 7.24. The Bertz CT molecular complexity index is 433. The van der Waals surface area contributed by atoms with Crippen LogP contribution in [0, 0.1) is 11.8 Å². The van der Waals surface area contributed by atoms with E-state index in [0.29, 0.717) is 17.8 Å². The molecule has 6 heteroatoms. The van der Waals surface area contributed by atoms with Gasteiger partial charge in [0.05, 0.1) is 18.0 Å². The van der Waals surface area contributed by atoms with Crippen molar-refractivity contribution in [2.75, 3.05) is 4.90 Å². The van der Waals surface area contributed by atoms with Gasteiger partial charge in [-0.25, -0.2) is 4.90 Å². The summed E-state index contributed by atoms with van der Waals surface area (Å²) in [4.78, 5) is 24.7. The number of nitrogens with two attached hydrogens (primary N) is 1. The summed E-state index contributed by atoms with van der Waals surface area (Å²) < 4.78 is 0. The van der Waals surface area contributed by atoms with Crippen LogP contribution in [0.1, 0.15) is 12.0 Å². The van der Waals surface area contributed by atoms with E-state index in [1.54, 1.807) is 6.20 Å². The SMILES string of the molecule is NCc1cn[nH]c1N1C(=O)C2CC2C1=O. The molecule has 1 aromatic heterocycles. The second-order valence-electron chi connectivity index (χ2n) is 3.91. The third kappa shape index (κ3) is 0.992. The lowest BCUT2D eigenvalue weighted by atomic mass is 10.3. The fourth-order valence-corrected chi connectivity index (χ4v) is 2.05. The zero-order valence-corrected chi connectivity index (χ0v) is 7.93. The fraction of sp³-hybridized carbons (Fsp3) is 0.444. The lowest BCUT2D eigenvalue weighted by Crippen LogP contribution is -2.34. The van der Waals surface area contributed by atoms with Crippen molar-refractivity contribution in [3.8, 4) is 0 Å². The zero-order chi connectivity index (χ0) is 10.6. The maximum Gasteiger partial charge on any atom is 0.238 e. The molecule has 0 radical (unpaired) electrons. The number of rotatable bonds is 2. The van der Waals surface area contributed by atoms with E-state index in [0.717, 1.165) is 0 Å². The van der Waals surface area contributed by atoms with Crippen molar-refractivity contribution in [2.24, 2.45) is 17.6 Å². The molecule has 3 rings (SSSR count). The van der Waals surface area contributed by atoms with Gasteiger partial charge in [0, 0.05) is 12.1 Å². The number of hydrogen-bond acceptors (Lipinski definition) is 4. The lowest BCUT2D eigenvalue weighted by Gasteiger charge is -2.15. The molecule has 1 aliphatic carbocycles. The Balaban J connectivity index is 2.01. The van der Waals surface area contributed by atoms with Crippen LogP contribution >= 0.6 is 0 Å². The highest BCUT2D eigenvalue weighted by Crippen LogP contribution is 2.48. The number of hydrogen-bond donors (Lipinski definition) is 2. The van der Waals surface area contributed by atoms with E-state index in [-0.39, 0.29) is 30.2 Å². The molecule has 1 saturated carbocycles. The van der Waals surface area contributed by atoms with Gasteiger partial charge in [-0.15, -0.1) is 0 Å². The summed E-state index contributed by atoms with van der Waals surface area (Å²) in [6, 6.07) is 0. The van der Waals surface area contributed by atoms with Crippen LogP contribution in [-0.2, 0) is 16.1 Å². The molecule has 2 unspecified atom stereocenters. The number of carbonyl (C=O) groups is 2. The molecule has 2 amide bonds. The summed E-state index contributed by atoms with van der Waals surface area (Å²) in [6.07, 6.45) is 2.25. The van der Waals surface area contributed by atoms with E-state index in [4.69, 9.17) is 5.73 Å². The van der Waals surface area contributed by atoms with Crippen LogP contribution in [0.3, 0.4) is 0 Å². The van der Waals surface area contributed by atoms with Crippen molar-refractivity contribution in [3.63, 3.8) is 0 Å². The average molecular weight is 206 g/mol. The van der Waals surface area contributed by atoms with Crippen LogP contribution in [0.4, 0.5) is 5.82 Å². The van der Waals surface area contributed by atoms with Gasteiger partial charge in [-0.05, 0) is 6.42 Å². The molecule has 15 heavy (non-hydrogen) atoms. The Hall–Kier alpha value is -1.69. The average Bonchev–Trinajstić information content (AvgIpc) is 2.84. The second kappa shape index (κ2) is 2.66. The predicted octanol–water partition coefficient (Wildman–Crippen LogP) is -0.622. The molecule has 6 nitrogen and oxygen atoms in total. The quantitative estimate of drug-likeness (QED) is 0.630. The zero-order valence-electron chi connectivity index (χ0n) is 7.93. The molecule has 78 valence electrons. The first kappa shape index (κ1) is 8.60. The number of aromatic amines is 1. The van der Waals surface area contributed by atoms with Crippen LogP contribution in [0.5, 0.6) is 0 Å². The number of aromatic nitrogens is 2. The van der Waals surface area contributed by atoms with E-state index in [9.17, 15) is 9.59 Å². The number of anilines is 1. The molecule has 1 aromatic rings. The normalized spacial score (nSPS) is 28.5. The molecule has 1 saturated heterocycles. The number of nitrogens with one attached hydrogen (secondary N) is 1. The van der Waals surface area contributed by atoms with Crippen LogP contribution < -0.4 is 10.6 Å². The number of fused-ring (bicyclic) bond motifs is 1. The summed E-state index contributed by atoms with van der Waals surface area (Å²) >= 11 is 0.